The predicted molar refractivity (Wildman–Crippen MR) is 78.2 cm³/mol. The van der Waals surface area contributed by atoms with Crippen LogP contribution in [-0.2, 0) is 16.1 Å². The number of nitrogens with one attached hydrogen (secondary N) is 1. The normalized spacial score (nSPS) is 19.1. The Kier molecular flexibility index (Phi) is 4.42. The topological polar surface area (TPSA) is 49.4 Å². The molecule has 108 valence electrons. The zero-order valence-corrected chi connectivity index (χ0v) is 12.4. The Morgan fingerprint density at radius 2 is 1.90 bits per heavy atom. The van der Waals surface area contributed by atoms with Gasteiger partial charge >= 0.3 is 0 Å². The number of piperazine rings is 1. The van der Waals surface area contributed by atoms with Crippen molar-refractivity contribution in [3.63, 3.8) is 0 Å². The lowest BCUT2D eigenvalue weighted by atomic mass is 10.00. The number of carbonyl (C=O) groups excluding carboxylic acids is 2. The van der Waals surface area contributed by atoms with Crippen LogP contribution in [0.1, 0.15) is 36.5 Å². The van der Waals surface area contributed by atoms with Gasteiger partial charge in [0.25, 0.3) is 0 Å². The first-order chi connectivity index (χ1) is 9.54. The summed E-state index contributed by atoms with van der Waals surface area (Å²) in [6.45, 7) is 6.76. The van der Waals surface area contributed by atoms with Gasteiger partial charge in [0.05, 0.1) is 6.54 Å². The first kappa shape index (κ1) is 14.6. The van der Waals surface area contributed by atoms with Crippen LogP contribution in [0.15, 0.2) is 18.2 Å². The van der Waals surface area contributed by atoms with Crippen LogP contribution in [0.4, 0.5) is 0 Å². The molecule has 1 aliphatic rings. The van der Waals surface area contributed by atoms with Crippen LogP contribution in [-0.4, -0.2) is 29.3 Å². The molecule has 1 unspecified atom stereocenters. The number of carbonyl (C=O) groups is 2. The van der Waals surface area contributed by atoms with E-state index in [0.717, 1.165) is 12.0 Å². The summed E-state index contributed by atoms with van der Waals surface area (Å²) >= 11 is 0. The molecule has 1 atom stereocenters. The summed E-state index contributed by atoms with van der Waals surface area (Å²) in [5, 5.41) is 2.68. The first-order valence-electron chi connectivity index (χ1n) is 7.16. The Morgan fingerprint density at radius 3 is 2.50 bits per heavy atom. The summed E-state index contributed by atoms with van der Waals surface area (Å²) in [6, 6.07) is 5.78. The van der Waals surface area contributed by atoms with Crippen molar-refractivity contribution in [2.45, 2.75) is 46.2 Å². The van der Waals surface area contributed by atoms with Gasteiger partial charge in [0.2, 0.25) is 11.8 Å². The van der Waals surface area contributed by atoms with E-state index in [1.165, 1.54) is 11.1 Å². The standard InChI is InChI=1S/C16H22N2O2/c1-4-6-14-16(20)17-9-15(19)18(14)10-13-11(2)7-5-8-12(13)3/h5,7-8,14H,4,6,9-10H2,1-3H3,(H,17,20). The minimum Gasteiger partial charge on any atom is -0.345 e. The molecular weight excluding hydrogens is 252 g/mol. The third-order valence-electron chi connectivity index (χ3n) is 3.95. The van der Waals surface area contributed by atoms with Gasteiger partial charge in [-0.2, -0.15) is 0 Å². The van der Waals surface area contributed by atoms with Gasteiger partial charge < -0.3 is 10.2 Å². The zero-order valence-electron chi connectivity index (χ0n) is 12.4. The van der Waals surface area contributed by atoms with E-state index in [9.17, 15) is 9.59 Å². The fraction of sp³-hybridized carbons (Fsp3) is 0.500. The number of aryl methyl sites for hydroxylation is 2. The highest BCUT2D eigenvalue weighted by atomic mass is 16.2. The maximum Gasteiger partial charge on any atom is 0.243 e. The quantitative estimate of drug-likeness (QED) is 0.912. The van der Waals surface area contributed by atoms with Crippen LogP contribution in [0.2, 0.25) is 0 Å². The summed E-state index contributed by atoms with van der Waals surface area (Å²) in [4.78, 5) is 25.9. The average molecular weight is 274 g/mol. The molecule has 1 aliphatic heterocycles. The lowest BCUT2D eigenvalue weighted by Crippen LogP contribution is -2.57. The van der Waals surface area contributed by atoms with E-state index < -0.39 is 0 Å². The molecule has 4 heteroatoms. The Bertz CT molecular complexity index is 505. The highest BCUT2D eigenvalue weighted by Gasteiger charge is 2.33. The van der Waals surface area contributed by atoms with E-state index in [-0.39, 0.29) is 24.4 Å². The molecule has 1 heterocycles. The number of nitrogens with zero attached hydrogens (tertiary/aromatic N) is 1. The van der Waals surface area contributed by atoms with Gasteiger partial charge in [-0.25, -0.2) is 0 Å². The largest absolute Gasteiger partial charge is 0.345 e. The molecule has 1 N–H and O–H groups in total. The van der Waals surface area contributed by atoms with Gasteiger partial charge in [0.15, 0.2) is 0 Å². The molecular formula is C16H22N2O2. The molecule has 2 amide bonds. The second-order valence-electron chi connectivity index (χ2n) is 5.41. The van der Waals surface area contributed by atoms with E-state index >= 15 is 0 Å². The number of hydrogen-bond acceptors (Lipinski definition) is 2. The lowest BCUT2D eigenvalue weighted by molar-refractivity contribution is -0.146. The minimum atomic E-state index is -0.333. The van der Waals surface area contributed by atoms with Crippen LogP contribution < -0.4 is 5.32 Å². The molecule has 1 aromatic rings. The van der Waals surface area contributed by atoms with E-state index in [1.807, 2.05) is 39.0 Å². The van der Waals surface area contributed by atoms with E-state index in [4.69, 9.17) is 0 Å². The highest BCUT2D eigenvalue weighted by Crippen LogP contribution is 2.20. The van der Waals surface area contributed by atoms with Gasteiger partial charge in [0.1, 0.15) is 6.04 Å². The first-order valence-corrected chi connectivity index (χ1v) is 7.16. The van der Waals surface area contributed by atoms with Gasteiger partial charge in [0, 0.05) is 6.54 Å². The fourth-order valence-corrected chi connectivity index (χ4v) is 2.72. The van der Waals surface area contributed by atoms with Crippen molar-refractivity contribution < 1.29 is 9.59 Å². The predicted octanol–water partition coefficient (Wildman–Crippen LogP) is 1.93. The molecule has 2 rings (SSSR count). The molecule has 0 aromatic heterocycles. The second kappa shape index (κ2) is 6.07. The third kappa shape index (κ3) is 2.84. The van der Waals surface area contributed by atoms with Gasteiger partial charge in [-0.1, -0.05) is 31.5 Å². The summed E-state index contributed by atoms with van der Waals surface area (Å²) in [6.07, 6.45) is 1.59. The molecule has 20 heavy (non-hydrogen) atoms. The van der Waals surface area contributed by atoms with Crippen LogP contribution in [0, 0.1) is 13.8 Å². The number of hydrogen-bond donors (Lipinski definition) is 1. The van der Waals surface area contributed by atoms with Crippen molar-refractivity contribution >= 4 is 11.8 Å². The average Bonchev–Trinajstić information content (AvgIpc) is 2.41. The number of amides is 2. The zero-order chi connectivity index (χ0) is 14.7. The summed E-state index contributed by atoms with van der Waals surface area (Å²) in [7, 11) is 0. The molecule has 0 radical (unpaired) electrons. The summed E-state index contributed by atoms with van der Waals surface area (Å²) in [5.74, 6) is -0.0246. The molecule has 0 spiro atoms. The molecule has 0 aliphatic carbocycles. The molecule has 1 aromatic carbocycles. The van der Waals surface area contributed by atoms with Crippen LogP contribution >= 0.6 is 0 Å². The van der Waals surface area contributed by atoms with E-state index in [1.54, 1.807) is 4.90 Å². The molecule has 0 bridgehead atoms. The number of rotatable bonds is 4. The van der Waals surface area contributed by atoms with Gasteiger partial charge in [-0.3, -0.25) is 9.59 Å². The second-order valence-corrected chi connectivity index (χ2v) is 5.41. The smallest absolute Gasteiger partial charge is 0.243 e. The van der Waals surface area contributed by atoms with Crippen LogP contribution in [0.5, 0.6) is 0 Å². The SMILES string of the molecule is CCCC1C(=O)NCC(=O)N1Cc1c(C)cccc1C. The molecule has 0 saturated carbocycles. The molecule has 1 fully saturated rings. The van der Waals surface area contributed by atoms with Crippen LogP contribution in [0.3, 0.4) is 0 Å². The van der Waals surface area contributed by atoms with Crippen LogP contribution in [0.25, 0.3) is 0 Å². The maximum absolute atomic E-state index is 12.2. The minimum absolute atomic E-state index is 0.00528. The Hall–Kier alpha value is -1.84. The van der Waals surface area contributed by atoms with Crippen molar-refractivity contribution in [3.05, 3.63) is 34.9 Å². The van der Waals surface area contributed by atoms with Gasteiger partial charge in [-0.15, -0.1) is 0 Å². The van der Waals surface area contributed by atoms with E-state index in [2.05, 4.69) is 5.32 Å². The Labute approximate surface area is 120 Å². The van der Waals surface area contributed by atoms with Crippen molar-refractivity contribution in [3.8, 4) is 0 Å². The van der Waals surface area contributed by atoms with Gasteiger partial charge in [-0.05, 0) is 37.0 Å². The van der Waals surface area contributed by atoms with Crippen molar-refractivity contribution in [2.75, 3.05) is 6.54 Å². The summed E-state index contributed by atoms with van der Waals surface area (Å²) in [5.41, 5.74) is 3.48. The monoisotopic (exact) mass is 274 g/mol. The fourth-order valence-electron chi connectivity index (χ4n) is 2.72. The van der Waals surface area contributed by atoms with Crippen molar-refractivity contribution in [1.82, 2.24) is 10.2 Å². The highest BCUT2D eigenvalue weighted by molar-refractivity contribution is 5.94. The summed E-state index contributed by atoms with van der Waals surface area (Å²) < 4.78 is 0. The van der Waals surface area contributed by atoms with E-state index in [0.29, 0.717) is 13.0 Å². The van der Waals surface area contributed by atoms with Crippen molar-refractivity contribution in [1.29, 1.82) is 0 Å². The number of benzene rings is 1. The van der Waals surface area contributed by atoms with Crippen molar-refractivity contribution in [2.24, 2.45) is 0 Å². The molecule has 4 nitrogen and oxygen atoms in total. The lowest BCUT2D eigenvalue weighted by Gasteiger charge is -2.35. The third-order valence-corrected chi connectivity index (χ3v) is 3.95. The Balaban J connectivity index is 2.28. The maximum atomic E-state index is 12.2. The molecule has 1 saturated heterocycles. The Morgan fingerprint density at radius 1 is 1.25 bits per heavy atom.